The van der Waals surface area contributed by atoms with E-state index in [4.69, 9.17) is 0 Å². The van der Waals surface area contributed by atoms with Gasteiger partial charge in [-0.25, -0.2) is 0 Å². The molecule has 0 saturated heterocycles. The van der Waals surface area contributed by atoms with Crippen molar-refractivity contribution in [3.05, 3.63) is 35.9 Å². The first-order chi connectivity index (χ1) is 13.1. The van der Waals surface area contributed by atoms with Gasteiger partial charge in [-0.3, -0.25) is 9.59 Å². The number of amides is 2. The largest absolute Gasteiger partial charge is 0.352 e. The van der Waals surface area contributed by atoms with Gasteiger partial charge in [0.05, 0.1) is 0 Å². The molecular formula is C23H34N2O2. The van der Waals surface area contributed by atoms with E-state index in [1.807, 2.05) is 30.3 Å². The normalized spacial score (nSPS) is 24.8. The van der Waals surface area contributed by atoms with Crippen molar-refractivity contribution in [2.45, 2.75) is 83.2 Å². The number of rotatable bonds is 6. The van der Waals surface area contributed by atoms with Gasteiger partial charge in [-0.15, -0.1) is 0 Å². The number of carbonyl (C=O) groups excluding carboxylic acids is 2. The Bertz CT molecular complexity index is 602. The summed E-state index contributed by atoms with van der Waals surface area (Å²) in [6.45, 7) is 2.28. The van der Waals surface area contributed by atoms with E-state index >= 15 is 0 Å². The third-order valence-corrected chi connectivity index (χ3v) is 6.25. The minimum absolute atomic E-state index is 0.0254. The van der Waals surface area contributed by atoms with Gasteiger partial charge < -0.3 is 10.6 Å². The molecular weight excluding hydrogens is 336 g/mol. The lowest BCUT2D eigenvalue weighted by Gasteiger charge is -2.29. The second-order valence-electron chi connectivity index (χ2n) is 8.55. The Kier molecular flexibility index (Phi) is 7.31. The van der Waals surface area contributed by atoms with E-state index in [9.17, 15) is 9.59 Å². The van der Waals surface area contributed by atoms with Crippen molar-refractivity contribution in [2.75, 3.05) is 0 Å². The molecule has 0 radical (unpaired) electrons. The van der Waals surface area contributed by atoms with E-state index in [1.54, 1.807) is 0 Å². The second-order valence-corrected chi connectivity index (χ2v) is 8.55. The predicted molar refractivity (Wildman–Crippen MR) is 108 cm³/mol. The van der Waals surface area contributed by atoms with Crippen LogP contribution >= 0.6 is 0 Å². The van der Waals surface area contributed by atoms with Crippen LogP contribution in [0.1, 0.15) is 70.3 Å². The quantitative estimate of drug-likeness (QED) is 0.795. The van der Waals surface area contributed by atoms with Crippen LogP contribution in [-0.2, 0) is 16.0 Å². The smallest absolute Gasteiger partial charge is 0.243 e. The van der Waals surface area contributed by atoms with Crippen molar-refractivity contribution < 1.29 is 9.59 Å². The molecule has 0 aromatic heterocycles. The lowest BCUT2D eigenvalue weighted by atomic mass is 9.87. The molecule has 0 aliphatic heterocycles. The summed E-state index contributed by atoms with van der Waals surface area (Å²) in [5, 5.41) is 6.30. The summed E-state index contributed by atoms with van der Waals surface area (Å²) in [4.78, 5) is 25.7. The molecule has 4 heteroatoms. The van der Waals surface area contributed by atoms with E-state index < -0.39 is 6.04 Å². The number of benzene rings is 1. The van der Waals surface area contributed by atoms with Gasteiger partial charge in [0, 0.05) is 18.4 Å². The number of carbonyl (C=O) groups is 2. The van der Waals surface area contributed by atoms with Crippen LogP contribution in [0.5, 0.6) is 0 Å². The predicted octanol–water partition coefficient (Wildman–Crippen LogP) is 3.99. The van der Waals surface area contributed by atoms with Crippen molar-refractivity contribution in [1.82, 2.24) is 10.6 Å². The van der Waals surface area contributed by atoms with E-state index in [-0.39, 0.29) is 23.8 Å². The van der Waals surface area contributed by atoms with Gasteiger partial charge in [-0.1, -0.05) is 56.5 Å². The third kappa shape index (κ3) is 6.08. The van der Waals surface area contributed by atoms with Gasteiger partial charge in [0.2, 0.25) is 11.8 Å². The summed E-state index contributed by atoms with van der Waals surface area (Å²) in [5.41, 5.74) is 1.08. The summed E-state index contributed by atoms with van der Waals surface area (Å²) in [7, 11) is 0. The molecule has 2 saturated carbocycles. The molecule has 0 heterocycles. The van der Waals surface area contributed by atoms with Crippen molar-refractivity contribution in [2.24, 2.45) is 11.8 Å². The van der Waals surface area contributed by atoms with E-state index in [0.717, 1.165) is 50.0 Å². The van der Waals surface area contributed by atoms with Gasteiger partial charge >= 0.3 is 0 Å². The number of hydrogen-bond acceptors (Lipinski definition) is 2. The van der Waals surface area contributed by atoms with Crippen LogP contribution in [-0.4, -0.2) is 23.9 Å². The Morgan fingerprint density at radius 3 is 2.30 bits per heavy atom. The van der Waals surface area contributed by atoms with Crippen LogP contribution in [0, 0.1) is 11.8 Å². The van der Waals surface area contributed by atoms with E-state index in [2.05, 4.69) is 17.6 Å². The van der Waals surface area contributed by atoms with Gasteiger partial charge in [-0.2, -0.15) is 0 Å². The average Bonchev–Trinajstić information content (AvgIpc) is 2.70. The second kappa shape index (κ2) is 9.91. The minimum Gasteiger partial charge on any atom is -0.352 e. The molecule has 0 unspecified atom stereocenters. The Labute approximate surface area is 163 Å². The van der Waals surface area contributed by atoms with Crippen molar-refractivity contribution in [3.8, 4) is 0 Å². The summed E-state index contributed by atoms with van der Waals surface area (Å²) >= 11 is 0. The highest BCUT2D eigenvalue weighted by atomic mass is 16.2. The van der Waals surface area contributed by atoms with Crippen molar-refractivity contribution in [1.29, 1.82) is 0 Å². The zero-order valence-corrected chi connectivity index (χ0v) is 16.6. The van der Waals surface area contributed by atoms with Crippen LogP contribution in [0.25, 0.3) is 0 Å². The van der Waals surface area contributed by atoms with Gasteiger partial charge in [-0.05, 0) is 50.0 Å². The molecule has 1 atom stereocenters. The maximum Gasteiger partial charge on any atom is 0.243 e. The lowest BCUT2D eigenvalue weighted by Crippen LogP contribution is -2.52. The van der Waals surface area contributed by atoms with Gasteiger partial charge in [0.1, 0.15) is 6.04 Å². The first kappa shape index (κ1) is 19.9. The number of nitrogens with one attached hydrogen (secondary N) is 2. The Hall–Kier alpha value is -1.84. The molecule has 148 valence electrons. The standard InChI is InChI=1S/C23H34N2O2/c1-17-12-14-20(15-13-17)24-23(27)21(16-18-8-4-2-5-9-18)25-22(26)19-10-6-3-7-11-19/h2,4-5,8-9,17,19-21H,3,6-7,10-16H2,1H3,(H,24,27)(H,25,26)/t17?,20?,21-/m1/s1. The van der Waals surface area contributed by atoms with Crippen LogP contribution < -0.4 is 10.6 Å². The maximum absolute atomic E-state index is 13.0. The highest BCUT2D eigenvalue weighted by Gasteiger charge is 2.28. The molecule has 1 aromatic rings. The molecule has 2 amide bonds. The highest BCUT2D eigenvalue weighted by Crippen LogP contribution is 2.25. The fourth-order valence-corrected chi connectivity index (χ4v) is 4.42. The molecule has 27 heavy (non-hydrogen) atoms. The monoisotopic (exact) mass is 370 g/mol. The Morgan fingerprint density at radius 1 is 0.963 bits per heavy atom. The molecule has 2 aliphatic carbocycles. The molecule has 0 bridgehead atoms. The molecule has 2 aliphatic rings. The fraction of sp³-hybridized carbons (Fsp3) is 0.652. The zero-order valence-electron chi connectivity index (χ0n) is 16.6. The van der Waals surface area contributed by atoms with Crippen LogP contribution in [0.2, 0.25) is 0 Å². The zero-order chi connectivity index (χ0) is 19.1. The van der Waals surface area contributed by atoms with E-state index in [0.29, 0.717) is 6.42 Å². The highest BCUT2D eigenvalue weighted by molar-refractivity contribution is 5.89. The summed E-state index contributed by atoms with van der Waals surface area (Å²) in [5.74, 6) is 0.857. The third-order valence-electron chi connectivity index (χ3n) is 6.25. The molecule has 1 aromatic carbocycles. The minimum atomic E-state index is -0.485. The molecule has 4 nitrogen and oxygen atoms in total. The first-order valence-corrected chi connectivity index (χ1v) is 10.8. The molecule has 2 fully saturated rings. The molecule has 0 spiro atoms. The van der Waals surface area contributed by atoms with Crippen LogP contribution in [0.4, 0.5) is 0 Å². The van der Waals surface area contributed by atoms with Crippen LogP contribution in [0.15, 0.2) is 30.3 Å². The van der Waals surface area contributed by atoms with Crippen molar-refractivity contribution >= 4 is 11.8 Å². The average molecular weight is 371 g/mol. The summed E-state index contributed by atoms with van der Waals surface area (Å²) < 4.78 is 0. The fourth-order valence-electron chi connectivity index (χ4n) is 4.42. The van der Waals surface area contributed by atoms with E-state index in [1.165, 1.54) is 19.3 Å². The Balaban J connectivity index is 1.62. The first-order valence-electron chi connectivity index (χ1n) is 10.8. The van der Waals surface area contributed by atoms with Crippen LogP contribution in [0.3, 0.4) is 0 Å². The summed E-state index contributed by atoms with van der Waals surface area (Å²) in [6.07, 6.45) is 10.3. The lowest BCUT2D eigenvalue weighted by molar-refractivity contribution is -0.132. The summed E-state index contributed by atoms with van der Waals surface area (Å²) in [6, 6.07) is 9.75. The van der Waals surface area contributed by atoms with Gasteiger partial charge in [0.25, 0.3) is 0 Å². The molecule has 3 rings (SSSR count). The SMILES string of the molecule is CC1CCC(NC(=O)[C@@H](Cc2ccccc2)NC(=O)C2CCCCC2)CC1. The maximum atomic E-state index is 13.0. The topological polar surface area (TPSA) is 58.2 Å². The van der Waals surface area contributed by atoms with Gasteiger partial charge in [0.15, 0.2) is 0 Å². The van der Waals surface area contributed by atoms with Crippen molar-refractivity contribution in [3.63, 3.8) is 0 Å². The molecule has 2 N–H and O–H groups in total. The Morgan fingerprint density at radius 2 is 1.63 bits per heavy atom. The number of hydrogen-bond donors (Lipinski definition) is 2.